The van der Waals surface area contributed by atoms with Crippen LogP contribution in [0.4, 0.5) is 5.69 Å². The Labute approximate surface area is 145 Å². The number of carbonyl (C=O) groups is 2. The summed E-state index contributed by atoms with van der Waals surface area (Å²) in [5.74, 6) is -0.730. The molecular formula is C17H19Cl2NO3. The molecule has 0 spiro atoms. The molecule has 1 aromatic rings. The molecule has 0 atom stereocenters. The van der Waals surface area contributed by atoms with Crippen LogP contribution in [0, 0.1) is 5.92 Å². The van der Waals surface area contributed by atoms with Crippen molar-refractivity contribution in [2.45, 2.75) is 32.1 Å². The van der Waals surface area contributed by atoms with E-state index in [-0.39, 0.29) is 22.2 Å². The molecule has 6 heteroatoms. The molecule has 1 amide bonds. The number of hydrogen-bond donors (Lipinski definition) is 1. The summed E-state index contributed by atoms with van der Waals surface area (Å²) < 4.78 is 4.70. The van der Waals surface area contributed by atoms with Crippen molar-refractivity contribution in [1.82, 2.24) is 0 Å². The second-order valence-corrected chi connectivity index (χ2v) is 6.35. The third-order valence-electron chi connectivity index (χ3n) is 3.93. The quantitative estimate of drug-likeness (QED) is 0.625. The zero-order valence-corrected chi connectivity index (χ0v) is 14.4. The van der Waals surface area contributed by atoms with Gasteiger partial charge in [-0.2, -0.15) is 0 Å². The van der Waals surface area contributed by atoms with Crippen molar-refractivity contribution < 1.29 is 14.3 Å². The van der Waals surface area contributed by atoms with Gasteiger partial charge in [-0.05, 0) is 30.9 Å². The number of para-hydroxylation sites is 1. The van der Waals surface area contributed by atoms with Gasteiger partial charge in [-0.3, -0.25) is 4.79 Å². The average Bonchev–Trinajstić information content (AvgIpc) is 2.56. The first kappa shape index (κ1) is 17.8. The third-order valence-corrected chi connectivity index (χ3v) is 4.66. The van der Waals surface area contributed by atoms with Gasteiger partial charge in [0.1, 0.15) is 0 Å². The third kappa shape index (κ3) is 4.72. The van der Waals surface area contributed by atoms with Crippen molar-refractivity contribution in [2.75, 3.05) is 12.4 Å². The SMILES string of the molecule is COC(=O)c1cccc(Cl)c1NC(=O)/C=C(\Cl)C1CCCCC1. The molecule has 2 rings (SSSR count). The molecule has 0 radical (unpaired) electrons. The predicted molar refractivity (Wildman–Crippen MR) is 91.9 cm³/mol. The Balaban J connectivity index is 2.15. The van der Waals surface area contributed by atoms with Gasteiger partial charge >= 0.3 is 5.97 Å². The number of anilines is 1. The lowest BCUT2D eigenvalue weighted by Crippen LogP contribution is -2.15. The Morgan fingerprint density at radius 2 is 1.96 bits per heavy atom. The van der Waals surface area contributed by atoms with Crippen molar-refractivity contribution in [1.29, 1.82) is 0 Å². The minimum atomic E-state index is -0.565. The highest BCUT2D eigenvalue weighted by Crippen LogP contribution is 2.32. The number of carbonyl (C=O) groups excluding carboxylic acids is 2. The Kier molecular flexibility index (Phi) is 6.48. The van der Waals surface area contributed by atoms with Crippen LogP contribution in [0.3, 0.4) is 0 Å². The van der Waals surface area contributed by atoms with Crippen LogP contribution in [0.15, 0.2) is 29.3 Å². The van der Waals surface area contributed by atoms with Crippen molar-refractivity contribution in [3.8, 4) is 0 Å². The molecule has 1 N–H and O–H groups in total. The fraction of sp³-hybridized carbons (Fsp3) is 0.412. The van der Waals surface area contributed by atoms with Crippen LogP contribution < -0.4 is 5.32 Å². The molecule has 4 nitrogen and oxygen atoms in total. The van der Waals surface area contributed by atoms with Gasteiger partial charge in [0.05, 0.1) is 23.4 Å². The molecule has 0 unspecified atom stereocenters. The van der Waals surface area contributed by atoms with Crippen LogP contribution in [-0.4, -0.2) is 19.0 Å². The summed E-state index contributed by atoms with van der Waals surface area (Å²) in [6.07, 6.45) is 6.86. The number of benzene rings is 1. The molecule has 23 heavy (non-hydrogen) atoms. The zero-order valence-electron chi connectivity index (χ0n) is 12.9. The maximum absolute atomic E-state index is 12.2. The molecule has 1 aromatic carbocycles. The predicted octanol–water partition coefficient (Wildman–Crippen LogP) is 4.77. The molecule has 1 fully saturated rings. The zero-order chi connectivity index (χ0) is 16.8. The Bertz CT molecular complexity index is 622. The van der Waals surface area contributed by atoms with Crippen molar-refractivity contribution in [3.05, 3.63) is 39.9 Å². The van der Waals surface area contributed by atoms with E-state index in [2.05, 4.69) is 5.32 Å². The molecule has 0 aliphatic heterocycles. The maximum Gasteiger partial charge on any atom is 0.340 e. The van der Waals surface area contributed by atoms with E-state index in [1.807, 2.05) is 0 Å². The van der Waals surface area contributed by atoms with Crippen molar-refractivity contribution >= 4 is 40.8 Å². The van der Waals surface area contributed by atoms with Gasteiger partial charge in [0, 0.05) is 11.1 Å². The van der Waals surface area contributed by atoms with E-state index < -0.39 is 11.9 Å². The lowest BCUT2D eigenvalue weighted by atomic mass is 9.89. The number of nitrogens with one attached hydrogen (secondary N) is 1. The summed E-state index contributed by atoms with van der Waals surface area (Å²) in [6.45, 7) is 0. The number of halogens is 2. The number of hydrogen-bond acceptors (Lipinski definition) is 3. The molecule has 0 heterocycles. The number of allylic oxidation sites excluding steroid dienone is 1. The Morgan fingerprint density at radius 1 is 1.26 bits per heavy atom. The van der Waals surface area contributed by atoms with Crippen molar-refractivity contribution in [3.63, 3.8) is 0 Å². The minimum Gasteiger partial charge on any atom is -0.465 e. The summed E-state index contributed by atoms with van der Waals surface area (Å²) in [5.41, 5.74) is 0.436. The summed E-state index contributed by atoms with van der Waals surface area (Å²) in [7, 11) is 1.27. The smallest absolute Gasteiger partial charge is 0.340 e. The Morgan fingerprint density at radius 3 is 2.61 bits per heavy atom. The van der Waals surface area contributed by atoms with Gasteiger partial charge in [0.15, 0.2) is 0 Å². The van der Waals surface area contributed by atoms with Crippen LogP contribution >= 0.6 is 23.2 Å². The number of rotatable bonds is 4. The highest BCUT2D eigenvalue weighted by atomic mass is 35.5. The fourth-order valence-electron chi connectivity index (χ4n) is 2.71. The van der Waals surface area contributed by atoms with E-state index in [4.69, 9.17) is 27.9 Å². The molecule has 0 aromatic heterocycles. The largest absolute Gasteiger partial charge is 0.465 e. The van der Waals surface area contributed by atoms with Crippen LogP contribution in [0.5, 0.6) is 0 Å². The topological polar surface area (TPSA) is 55.4 Å². The van der Waals surface area contributed by atoms with E-state index >= 15 is 0 Å². The van der Waals surface area contributed by atoms with Crippen LogP contribution in [0.2, 0.25) is 5.02 Å². The Hall–Kier alpha value is -1.52. The molecule has 0 bridgehead atoms. The van der Waals surface area contributed by atoms with E-state index in [1.165, 1.54) is 19.6 Å². The second-order valence-electron chi connectivity index (χ2n) is 5.51. The van der Waals surface area contributed by atoms with Gasteiger partial charge in [0.25, 0.3) is 0 Å². The number of methoxy groups -OCH3 is 1. The highest BCUT2D eigenvalue weighted by molar-refractivity contribution is 6.35. The monoisotopic (exact) mass is 355 g/mol. The van der Waals surface area contributed by atoms with E-state index in [0.29, 0.717) is 5.03 Å². The second kappa shape index (κ2) is 8.37. The average molecular weight is 356 g/mol. The first-order valence-corrected chi connectivity index (χ1v) is 8.33. The minimum absolute atomic E-state index is 0.204. The van der Waals surface area contributed by atoms with Gasteiger partial charge in [0.2, 0.25) is 5.91 Å². The standard InChI is InChI=1S/C17H19Cl2NO3/c1-23-17(22)12-8-5-9-13(18)16(12)20-15(21)10-14(19)11-6-3-2-4-7-11/h5,8-11H,2-4,6-7H2,1H3,(H,20,21)/b14-10-. The van der Waals surface area contributed by atoms with Gasteiger partial charge in [-0.25, -0.2) is 4.79 Å². The molecule has 1 saturated carbocycles. The summed E-state index contributed by atoms with van der Waals surface area (Å²) >= 11 is 12.3. The molecule has 124 valence electrons. The van der Waals surface area contributed by atoms with Crippen LogP contribution in [0.1, 0.15) is 42.5 Å². The highest BCUT2D eigenvalue weighted by Gasteiger charge is 2.19. The molecule has 0 saturated heterocycles. The van der Waals surface area contributed by atoms with Crippen molar-refractivity contribution in [2.24, 2.45) is 5.92 Å². The number of esters is 1. The van der Waals surface area contributed by atoms with E-state index in [1.54, 1.807) is 18.2 Å². The fourth-order valence-corrected chi connectivity index (χ4v) is 3.25. The lowest BCUT2D eigenvalue weighted by Gasteiger charge is -2.20. The van der Waals surface area contributed by atoms with Gasteiger partial charge in [-0.15, -0.1) is 0 Å². The molecular weight excluding hydrogens is 337 g/mol. The van der Waals surface area contributed by atoms with Gasteiger partial charge in [-0.1, -0.05) is 48.5 Å². The normalized spacial score (nSPS) is 16.0. The van der Waals surface area contributed by atoms with Gasteiger partial charge < -0.3 is 10.1 Å². The maximum atomic E-state index is 12.2. The molecule has 1 aliphatic carbocycles. The summed E-state index contributed by atoms with van der Waals surface area (Å²) in [5, 5.41) is 3.45. The number of ether oxygens (including phenoxy) is 1. The first-order chi connectivity index (χ1) is 11.0. The van der Waals surface area contributed by atoms with E-state index in [9.17, 15) is 9.59 Å². The first-order valence-electron chi connectivity index (χ1n) is 7.58. The molecule has 1 aliphatic rings. The summed E-state index contributed by atoms with van der Waals surface area (Å²) in [6, 6.07) is 4.75. The lowest BCUT2D eigenvalue weighted by molar-refractivity contribution is -0.112. The van der Waals surface area contributed by atoms with Crippen LogP contribution in [-0.2, 0) is 9.53 Å². The number of amides is 1. The van der Waals surface area contributed by atoms with Crippen LogP contribution in [0.25, 0.3) is 0 Å². The summed E-state index contributed by atoms with van der Waals surface area (Å²) in [4.78, 5) is 24.0. The van der Waals surface area contributed by atoms with E-state index in [0.717, 1.165) is 25.7 Å².